The first-order chi connectivity index (χ1) is 13.6. The highest BCUT2D eigenvalue weighted by molar-refractivity contribution is 6.05. The van der Waals surface area contributed by atoms with Crippen molar-refractivity contribution in [3.8, 4) is 17.2 Å². The van der Waals surface area contributed by atoms with Crippen molar-refractivity contribution >= 4 is 23.2 Å². The number of hydrogen-bond donors (Lipinski definition) is 2. The summed E-state index contributed by atoms with van der Waals surface area (Å²) in [5.74, 6) is 1.33. The van der Waals surface area contributed by atoms with Gasteiger partial charge in [0.15, 0.2) is 6.10 Å². The second-order valence-electron chi connectivity index (χ2n) is 6.36. The number of fused-ring (bicyclic) bond motifs is 1. The highest BCUT2D eigenvalue weighted by atomic mass is 16.5. The zero-order valence-corrected chi connectivity index (χ0v) is 15.1. The summed E-state index contributed by atoms with van der Waals surface area (Å²) >= 11 is 0. The van der Waals surface area contributed by atoms with Gasteiger partial charge in [-0.15, -0.1) is 0 Å². The SMILES string of the molecule is C[C@H]1Oc2ccc(NC(=O)c3cccc(Oc4ccccc4)c3)cc2NC1=O. The number of rotatable bonds is 4. The first kappa shape index (κ1) is 17.6. The molecule has 1 aliphatic rings. The molecule has 2 amide bonds. The molecule has 0 spiro atoms. The van der Waals surface area contributed by atoms with Gasteiger partial charge in [-0.3, -0.25) is 9.59 Å². The summed E-state index contributed by atoms with van der Waals surface area (Å²) in [6.07, 6.45) is -0.541. The number of hydrogen-bond acceptors (Lipinski definition) is 4. The largest absolute Gasteiger partial charge is 0.479 e. The Morgan fingerprint density at radius 2 is 1.79 bits per heavy atom. The summed E-state index contributed by atoms with van der Waals surface area (Å²) in [5, 5.41) is 5.59. The molecule has 1 aliphatic heterocycles. The van der Waals surface area contributed by atoms with Crippen LogP contribution in [0.15, 0.2) is 72.8 Å². The smallest absolute Gasteiger partial charge is 0.265 e. The van der Waals surface area contributed by atoms with Gasteiger partial charge in [-0.2, -0.15) is 0 Å². The topological polar surface area (TPSA) is 76.7 Å². The molecule has 28 heavy (non-hydrogen) atoms. The molecule has 0 unspecified atom stereocenters. The van der Waals surface area contributed by atoms with Crippen LogP contribution in [0.1, 0.15) is 17.3 Å². The molecule has 2 N–H and O–H groups in total. The Hall–Kier alpha value is -3.80. The van der Waals surface area contributed by atoms with Crippen LogP contribution in [0.3, 0.4) is 0 Å². The van der Waals surface area contributed by atoms with E-state index < -0.39 is 6.10 Å². The van der Waals surface area contributed by atoms with Crippen molar-refractivity contribution in [1.29, 1.82) is 0 Å². The van der Waals surface area contributed by atoms with E-state index in [1.807, 2.05) is 30.3 Å². The zero-order valence-electron chi connectivity index (χ0n) is 15.1. The summed E-state index contributed by atoms with van der Waals surface area (Å²) < 4.78 is 11.3. The summed E-state index contributed by atoms with van der Waals surface area (Å²) in [7, 11) is 0. The maximum absolute atomic E-state index is 12.6. The Kier molecular flexibility index (Phi) is 4.68. The Morgan fingerprint density at radius 1 is 1.00 bits per heavy atom. The molecule has 0 saturated carbocycles. The maximum atomic E-state index is 12.6. The highest BCUT2D eigenvalue weighted by Crippen LogP contribution is 2.32. The van der Waals surface area contributed by atoms with Gasteiger partial charge in [0.25, 0.3) is 11.8 Å². The molecule has 6 nitrogen and oxygen atoms in total. The predicted molar refractivity (Wildman–Crippen MR) is 106 cm³/mol. The highest BCUT2D eigenvalue weighted by Gasteiger charge is 2.23. The fraction of sp³-hybridized carbons (Fsp3) is 0.0909. The van der Waals surface area contributed by atoms with Gasteiger partial charge in [0.1, 0.15) is 17.2 Å². The van der Waals surface area contributed by atoms with Gasteiger partial charge >= 0.3 is 0 Å². The average molecular weight is 374 g/mol. The van der Waals surface area contributed by atoms with Crippen LogP contribution in [0.25, 0.3) is 0 Å². The molecule has 1 heterocycles. The normalized spacial score (nSPS) is 15.0. The third-order valence-electron chi connectivity index (χ3n) is 4.24. The first-order valence-corrected chi connectivity index (χ1v) is 8.84. The lowest BCUT2D eigenvalue weighted by Gasteiger charge is -2.23. The quantitative estimate of drug-likeness (QED) is 0.707. The Morgan fingerprint density at radius 3 is 2.61 bits per heavy atom. The maximum Gasteiger partial charge on any atom is 0.265 e. The molecule has 0 aliphatic carbocycles. The summed E-state index contributed by atoms with van der Waals surface area (Å²) in [5.41, 5.74) is 1.54. The molecule has 140 valence electrons. The summed E-state index contributed by atoms with van der Waals surface area (Å²) in [4.78, 5) is 24.4. The van der Waals surface area contributed by atoms with Crippen LogP contribution in [0.4, 0.5) is 11.4 Å². The number of ether oxygens (including phenoxy) is 2. The van der Waals surface area contributed by atoms with Crippen LogP contribution >= 0.6 is 0 Å². The number of benzene rings is 3. The fourth-order valence-electron chi connectivity index (χ4n) is 2.82. The molecule has 0 radical (unpaired) electrons. The van der Waals surface area contributed by atoms with Gasteiger partial charge in [0.2, 0.25) is 0 Å². The van der Waals surface area contributed by atoms with E-state index in [1.165, 1.54) is 0 Å². The first-order valence-electron chi connectivity index (χ1n) is 8.84. The van der Waals surface area contributed by atoms with Crippen molar-refractivity contribution in [3.05, 3.63) is 78.4 Å². The molecule has 0 aromatic heterocycles. The lowest BCUT2D eigenvalue weighted by molar-refractivity contribution is -0.122. The van der Waals surface area contributed by atoms with E-state index in [0.29, 0.717) is 34.2 Å². The van der Waals surface area contributed by atoms with E-state index in [2.05, 4.69) is 10.6 Å². The lowest BCUT2D eigenvalue weighted by atomic mass is 10.1. The van der Waals surface area contributed by atoms with E-state index >= 15 is 0 Å². The monoisotopic (exact) mass is 374 g/mol. The van der Waals surface area contributed by atoms with Gasteiger partial charge in [0.05, 0.1) is 5.69 Å². The second-order valence-corrected chi connectivity index (χ2v) is 6.36. The summed E-state index contributed by atoms with van der Waals surface area (Å²) in [6.45, 7) is 1.68. The van der Waals surface area contributed by atoms with Crippen LogP contribution in [0.2, 0.25) is 0 Å². The molecule has 3 aromatic rings. The van der Waals surface area contributed by atoms with E-state index in [4.69, 9.17) is 9.47 Å². The number of amides is 2. The van der Waals surface area contributed by atoms with E-state index in [-0.39, 0.29) is 11.8 Å². The van der Waals surface area contributed by atoms with Crippen molar-refractivity contribution in [3.63, 3.8) is 0 Å². The van der Waals surface area contributed by atoms with Crippen molar-refractivity contribution in [1.82, 2.24) is 0 Å². The van der Waals surface area contributed by atoms with Gasteiger partial charge in [-0.05, 0) is 55.5 Å². The molecule has 0 fully saturated rings. The number of carbonyl (C=O) groups excluding carboxylic acids is 2. The second kappa shape index (κ2) is 7.44. The minimum absolute atomic E-state index is 0.221. The van der Waals surface area contributed by atoms with E-state index in [9.17, 15) is 9.59 Å². The molecule has 4 rings (SSSR count). The van der Waals surface area contributed by atoms with E-state index in [1.54, 1.807) is 49.4 Å². The number of anilines is 2. The van der Waals surface area contributed by atoms with Crippen molar-refractivity contribution in [2.75, 3.05) is 10.6 Å². The molecular weight excluding hydrogens is 356 g/mol. The number of para-hydroxylation sites is 1. The lowest BCUT2D eigenvalue weighted by Crippen LogP contribution is -2.34. The van der Waals surface area contributed by atoms with Gasteiger partial charge < -0.3 is 20.1 Å². The standard InChI is InChI=1S/C22H18N2O4/c1-14-21(25)24-19-13-16(10-11-20(19)27-14)23-22(26)15-6-5-9-18(12-15)28-17-7-3-2-4-8-17/h2-14H,1H3,(H,23,26)(H,24,25)/t14-/m1/s1. The third-order valence-corrected chi connectivity index (χ3v) is 4.24. The molecule has 0 saturated heterocycles. The average Bonchev–Trinajstić information content (AvgIpc) is 2.70. The van der Waals surface area contributed by atoms with Gasteiger partial charge in [-0.1, -0.05) is 24.3 Å². The minimum Gasteiger partial charge on any atom is -0.479 e. The van der Waals surface area contributed by atoms with Crippen LogP contribution in [-0.4, -0.2) is 17.9 Å². The molecular formula is C22H18N2O4. The number of carbonyl (C=O) groups is 2. The Labute approximate surface area is 162 Å². The van der Waals surface area contributed by atoms with Crippen molar-refractivity contribution in [2.45, 2.75) is 13.0 Å². The summed E-state index contributed by atoms with van der Waals surface area (Å²) in [6, 6.07) is 21.4. The van der Waals surface area contributed by atoms with Gasteiger partial charge in [0, 0.05) is 11.3 Å². The molecule has 6 heteroatoms. The van der Waals surface area contributed by atoms with Crippen LogP contribution < -0.4 is 20.1 Å². The van der Waals surface area contributed by atoms with Crippen molar-refractivity contribution in [2.24, 2.45) is 0 Å². The molecule has 3 aromatic carbocycles. The third kappa shape index (κ3) is 3.81. The predicted octanol–water partition coefficient (Wildman–Crippen LogP) is 4.45. The van der Waals surface area contributed by atoms with Gasteiger partial charge in [-0.25, -0.2) is 0 Å². The van der Waals surface area contributed by atoms with Crippen LogP contribution in [0, 0.1) is 0 Å². The van der Waals surface area contributed by atoms with Crippen LogP contribution in [-0.2, 0) is 4.79 Å². The zero-order chi connectivity index (χ0) is 19.5. The Balaban J connectivity index is 1.49. The number of nitrogens with one attached hydrogen (secondary N) is 2. The minimum atomic E-state index is -0.541. The molecule has 0 bridgehead atoms. The Bertz CT molecular complexity index is 1030. The van der Waals surface area contributed by atoms with E-state index in [0.717, 1.165) is 0 Å². The molecule has 1 atom stereocenters. The van der Waals surface area contributed by atoms with Crippen LogP contribution in [0.5, 0.6) is 17.2 Å². The fourth-order valence-corrected chi connectivity index (χ4v) is 2.82. The van der Waals surface area contributed by atoms with Crippen molar-refractivity contribution < 1.29 is 19.1 Å².